The molecule has 0 aromatic heterocycles. The molecule has 0 nitrogen and oxygen atoms in total. The minimum absolute atomic E-state index is 0.240. The zero-order valence-electron chi connectivity index (χ0n) is 18.8. The number of rotatable bonds is 8. The lowest BCUT2D eigenvalue weighted by molar-refractivity contribution is 0.622. The highest BCUT2D eigenvalue weighted by Gasteiger charge is 2.07. The zero-order chi connectivity index (χ0) is 23.0. The van der Waals surface area contributed by atoms with Crippen molar-refractivity contribution in [3.63, 3.8) is 0 Å². The Kier molecular flexibility index (Phi) is 7.47. The predicted octanol–water partition coefficient (Wildman–Crippen LogP) is 8.27. The molecule has 0 unspecified atom stereocenters. The third-order valence-corrected chi connectivity index (χ3v) is 6.03. The first kappa shape index (κ1) is 22.7. The van der Waals surface area contributed by atoms with Gasteiger partial charge in [0.1, 0.15) is 11.6 Å². The molecule has 4 aromatic carbocycles. The molecule has 33 heavy (non-hydrogen) atoms. The molecule has 0 bridgehead atoms. The maximum absolute atomic E-state index is 14.5. The van der Waals surface area contributed by atoms with Crippen LogP contribution in [0.2, 0.25) is 0 Å². The van der Waals surface area contributed by atoms with E-state index in [4.69, 9.17) is 0 Å². The summed E-state index contributed by atoms with van der Waals surface area (Å²) >= 11 is 0. The van der Waals surface area contributed by atoms with Crippen LogP contribution in [-0.2, 0) is 19.3 Å². The quantitative estimate of drug-likeness (QED) is 0.243. The molecule has 0 aliphatic carbocycles. The topological polar surface area (TPSA) is 0 Å². The second-order valence-electron chi connectivity index (χ2n) is 8.57. The largest absolute Gasteiger partial charge is 0.207 e. The Morgan fingerprint density at radius 2 is 1.30 bits per heavy atom. The number of aryl methyl sites for hydroxylation is 2. The van der Waals surface area contributed by atoms with E-state index in [0.29, 0.717) is 11.5 Å². The van der Waals surface area contributed by atoms with Crippen molar-refractivity contribution in [3.8, 4) is 0 Å². The van der Waals surface area contributed by atoms with Gasteiger partial charge in [0.05, 0.1) is 0 Å². The van der Waals surface area contributed by atoms with Crippen molar-refractivity contribution in [3.05, 3.63) is 142 Å². The molecule has 4 aromatic rings. The minimum Gasteiger partial charge on any atom is -0.207 e. The monoisotopic (exact) mass is 438 g/mol. The lowest BCUT2D eigenvalue weighted by Gasteiger charge is -2.12. The van der Waals surface area contributed by atoms with Crippen LogP contribution < -0.4 is 0 Å². The first-order valence-corrected chi connectivity index (χ1v) is 11.4. The lowest BCUT2D eigenvalue weighted by Crippen LogP contribution is -1.99. The van der Waals surface area contributed by atoms with E-state index in [-0.39, 0.29) is 11.6 Å². The Hall–Kier alpha value is -3.52. The minimum atomic E-state index is -0.279. The van der Waals surface area contributed by atoms with E-state index >= 15 is 0 Å². The summed E-state index contributed by atoms with van der Waals surface area (Å²) in [5, 5.41) is 0. The average Bonchev–Trinajstić information content (AvgIpc) is 2.84. The Bertz CT molecular complexity index is 1190. The van der Waals surface area contributed by atoms with Crippen LogP contribution in [0.1, 0.15) is 46.2 Å². The van der Waals surface area contributed by atoms with Crippen LogP contribution in [-0.4, -0.2) is 0 Å². The molecular weight excluding hydrogens is 410 g/mol. The fourth-order valence-corrected chi connectivity index (χ4v) is 4.00. The molecule has 0 aliphatic rings. The van der Waals surface area contributed by atoms with E-state index in [1.165, 1.54) is 28.8 Å². The number of hydrogen-bond acceptors (Lipinski definition) is 0. The Morgan fingerprint density at radius 1 is 0.667 bits per heavy atom. The van der Waals surface area contributed by atoms with Gasteiger partial charge in [-0.2, -0.15) is 0 Å². The molecule has 1 atom stereocenters. The van der Waals surface area contributed by atoms with E-state index < -0.39 is 0 Å². The number of hydrogen-bond donors (Lipinski definition) is 0. The highest BCUT2D eigenvalue weighted by Crippen LogP contribution is 2.21. The Labute approximate surface area is 195 Å². The Morgan fingerprint density at radius 3 is 2.00 bits per heavy atom. The smallest absolute Gasteiger partial charge is 0.130 e. The second-order valence-corrected chi connectivity index (χ2v) is 8.57. The van der Waals surface area contributed by atoms with Gasteiger partial charge in [0, 0.05) is 5.56 Å². The van der Waals surface area contributed by atoms with E-state index in [0.717, 1.165) is 30.4 Å². The normalized spacial score (nSPS) is 12.2. The van der Waals surface area contributed by atoms with Gasteiger partial charge in [-0.25, -0.2) is 8.78 Å². The van der Waals surface area contributed by atoms with E-state index in [1.807, 2.05) is 6.07 Å². The van der Waals surface area contributed by atoms with Crippen molar-refractivity contribution in [2.24, 2.45) is 0 Å². The van der Waals surface area contributed by atoms with Crippen molar-refractivity contribution >= 4 is 12.2 Å². The second kappa shape index (κ2) is 10.9. The SMILES string of the molecule is C[C@H](Cc1ccc(CCc2ccc(C=Cc3ccc(F)cc3)c(F)c2)cc1)c1ccccc1. The van der Waals surface area contributed by atoms with Crippen LogP contribution in [0.25, 0.3) is 12.2 Å². The van der Waals surface area contributed by atoms with Crippen LogP contribution in [0, 0.1) is 11.6 Å². The summed E-state index contributed by atoms with van der Waals surface area (Å²) < 4.78 is 27.5. The third kappa shape index (κ3) is 6.49. The van der Waals surface area contributed by atoms with Crippen LogP contribution in [0.3, 0.4) is 0 Å². The molecule has 0 amide bonds. The zero-order valence-corrected chi connectivity index (χ0v) is 18.8. The van der Waals surface area contributed by atoms with Gasteiger partial charge >= 0.3 is 0 Å². The molecule has 0 radical (unpaired) electrons. The van der Waals surface area contributed by atoms with Crippen molar-refractivity contribution < 1.29 is 8.78 Å². The van der Waals surface area contributed by atoms with E-state index in [1.54, 1.807) is 36.4 Å². The summed E-state index contributed by atoms with van der Waals surface area (Å²) in [6.45, 7) is 2.26. The molecule has 0 fully saturated rings. The van der Waals surface area contributed by atoms with Crippen molar-refractivity contribution in [2.75, 3.05) is 0 Å². The highest BCUT2D eigenvalue weighted by atomic mass is 19.1. The third-order valence-electron chi connectivity index (χ3n) is 6.03. The number of benzene rings is 4. The molecule has 4 rings (SSSR count). The van der Waals surface area contributed by atoms with Crippen LogP contribution in [0.4, 0.5) is 8.78 Å². The summed E-state index contributed by atoms with van der Waals surface area (Å²) in [5.41, 5.74) is 6.29. The van der Waals surface area contributed by atoms with Crippen molar-refractivity contribution in [2.45, 2.75) is 32.1 Å². The van der Waals surface area contributed by atoms with E-state index in [2.05, 4.69) is 61.5 Å². The fraction of sp³-hybridized carbons (Fsp3) is 0.161. The highest BCUT2D eigenvalue weighted by molar-refractivity contribution is 5.69. The van der Waals surface area contributed by atoms with Crippen molar-refractivity contribution in [1.29, 1.82) is 0 Å². The maximum Gasteiger partial charge on any atom is 0.130 e. The van der Waals surface area contributed by atoms with Gasteiger partial charge in [-0.3, -0.25) is 0 Å². The molecule has 166 valence electrons. The number of halogens is 2. The fourth-order valence-electron chi connectivity index (χ4n) is 4.00. The van der Waals surface area contributed by atoms with Gasteiger partial charge in [-0.05, 0) is 71.2 Å². The summed E-state index contributed by atoms with van der Waals surface area (Å²) in [7, 11) is 0. The molecule has 0 heterocycles. The standard InChI is InChI=1S/C31H28F2/c1-23(28-5-3-2-4-6-28)21-26-10-7-24(8-11-26)9-12-27-14-18-29(31(33)22-27)17-13-25-15-19-30(32)20-16-25/h2-8,10-11,13-20,22-23H,9,12,21H2,1H3/t23-/m1/s1. The van der Waals surface area contributed by atoms with Gasteiger partial charge in [-0.15, -0.1) is 0 Å². The van der Waals surface area contributed by atoms with Gasteiger partial charge in [0.2, 0.25) is 0 Å². The van der Waals surface area contributed by atoms with E-state index in [9.17, 15) is 8.78 Å². The Balaban J connectivity index is 1.32. The molecule has 0 saturated heterocycles. The van der Waals surface area contributed by atoms with Gasteiger partial charge in [-0.1, -0.05) is 97.9 Å². The maximum atomic E-state index is 14.5. The summed E-state index contributed by atoms with van der Waals surface area (Å²) in [4.78, 5) is 0. The van der Waals surface area contributed by atoms with Crippen LogP contribution >= 0.6 is 0 Å². The van der Waals surface area contributed by atoms with Gasteiger partial charge in [0.15, 0.2) is 0 Å². The summed E-state index contributed by atoms with van der Waals surface area (Å²) in [5.74, 6) is -0.0363. The molecule has 0 spiro atoms. The summed E-state index contributed by atoms with van der Waals surface area (Å²) in [6, 6.07) is 30.9. The lowest BCUT2D eigenvalue weighted by atomic mass is 9.93. The summed E-state index contributed by atoms with van der Waals surface area (Å²) in [6.07, 6.45) is 6.19. The van der Waals surface area contributed by atoms with Crippen LogP contribution in [0.15, 0.2) is 97.1 Å². The molecule has 0 aliphatic heterocycles. The van der Waals surface area contributed by atoms with Crippen molar-refractivity contribution in [1.82, 2.24) is 0 Å². The molecule has 0 N–H and O–H groups in total. The molecular formula is C31H28F2. The molecule has 2 heteroatoms. The first-order chi connectivity index (χ1) is 16.1. The molecule has 0 saturated carbocycles. The van der Waals surface area contributed by atoms with Gasteiger partial charge in [0.25, 0.3) is 0 Å². The average molecular weight is 439 g/mol. The predicted molar refractivity (Wildman–Crippen MR) is 134 cm³/mol. The van der Waals surface area contributed by atoms with Gasteiger partial charge < -0.3 is 0 Å². The van der Waals surface area contributed by atoms with Crippen LogP contribution in [0.5, 0.6) is 0 Å². The first-order valence-electron chi connectivity index (χ1n) is 11.4.